The van der Waals surface area contributed by atoms with E-state index in [9.17, 15) is 4.79 Å². The van der Waals surface area contributed by atoms with Crippen molar-refractivity contribution in [3.63, 3.8) is 0 Å². The zero-order valence-corrected chi connectivity index (χ0v) is 11.0. The van der Waals surface area contributed by atoms with E-state index in [2.05, 4.69) is 0 Å². The van der Waals surface area contributed by atoms with Gasteiger partial charge in [-0.25, -0.2) is 4.79 Å². The summed E-state index contributed by atoms with van der Waals surface area (Å²) in [5.41, 5.74) is 0. The predicted molar refractivity (Wildman–Crippen MR) is 50.7 cm³/mol. The van der Waals surface area contributed by atoms with Gasteiger partial charge in [-0.15, -0.1) is 0 Å². The zero-order valence-electron chi connectivity index (χ0n) is 8.46. The van der Waals surface area contributed by atoms with E-state index in [0.29, 0.717) is 5.02 Å². The van der Waals surface area contributed by atoms with Gasteiger partial charge in [-0.3, -0.25) is 0 Å². The van der Waals surface area contributed by atoms with Crippen LogP contribution in [0, 0.1) is 0 Å². The number of aliphatic carboxylic acids is 1. The standard InChI is InChI=1S/C8H6Cl2O3.Na.H/c9-5-2-1-3-6(8(5)10)13-4-7(11)12;;/h1-3H,4H2,(H,11,12);;/q;+1;-1. The average molecular weight is 245 g/mol. The number of halogens is 2. The van der Waals surface area contributed by atoms with Crippen molar-refractivity contribution in [2.24, 2.45) is 0 Å². The molecule has 0 aliphatic carbocycles. The van der Waals surface area contributed by atoms with Crippen LogP contribution in [0.5, 0.6) is 5.75 Å². The average Bonchev–Trinajstić information content (AvgIpc) is 2.07. The van der Waals surface area contributed by atoms with Gasteiger partial charge >= 0.3 is 35.5 Å². The maximum atomic E-state index is 10.2. The number of carbonyl (C=O) groups is 1. The first-order valence-electron chi connectivity index (χ1n) is 3.40. The van der Waals surface area contributed by atoms with E-state index >= 15 is 0 Å². The third kappa shape index (κ3) is 4.07. The fourth-order valence-electron chi connectivity index (χ4n) is 0.735. The molecule has 3 nitrogen and oxygen atoms in total. The van der Waals surface area contributed by atoms with E-state index in [-0.39, 0.29) is 41.8 Å². The first-order chi connectivity index (χ1) is 6.11. The number of benzene rings is 1. The minimum absolute atomic E-state index is 0. The molecule has 1 rings (SSSR count). The predicted octanol–water partition coefficient (Wildman–Crippen LogP) is -0.427. The quantitative estimate of drug-likeness (QED) is 0.735. The van der Waals surface area contributed by atoms with Crippen LogP contribution >= 0.6 is 23.2 Å². The summed E-state index contributed by atoms with van der Waals surface area (Å²) in [6.45, 7) is -0.430. The maximum absolute atomic E-state index is 10.2. The van der Waals surface area contributed by atoms with Gasteiger partial charge in [-0.1, -0.05) is 29.3 Å². The van der Waals surface area contributed by atoms with Crippen molar-refractivity contribution in [1.29, 1.82) is 0 Å². The summed E-state index contributed by atoms with van der Waals surface area (Å²) in [6.07, 6.45) is 0. The Hall–Kier alpha value is 0.0700. The molecule has 0 aliphatic heterocycles. The number of ether oxygens (including phenoxy) is 1. The number of carboxylic acids is 1. The summed E-state index contributed by atoms with van der Waals surface area (Å²) >= 11 is 11.4. The van der Waals surface area contributed by atoms with Crippen molar-refractivity contribution >= 4 is 29.2 Å². The molecule has 0 saturated heterocycles. The summed E-state index contributed by atoms with van der Waals surface area (Å²) in [7, 11) is 0. The van der Waals surface area contributed by atoms with E-state index < -0.39 is 12.6 Å². The van der Waals surface area contributed by atoms with Crippen molar-refractivity contribution in [3.8, 4) is 5.75 Å². The van der Waals surface area contributed by atoms with Crippen LogP contribution in [-0.2, 0) is 4.79 Å². The molecule has 0 unspecified atom stereocenters. The smallest absolute Gasteiger partial charge is 1.00 e. The second-order valence-corrected chi connectivity index (χ2v) is 3.02. The first-order valence-corrected chi connectivity index (χ1v) is 4.15. The summed E-state index contributed by atoms with van der Waals surface area (Å²) in [5, 5.41) is 8.90. The molecule has 0 atom stereocenters. The van der Waals surface area contributed by atoms with Crippen LogP contribution < -0.4 is 34.3 Å². The van der Waals surface area contributed by atoms with Gasteiger partial charge in [0.2, 0.25) is 0 Å². The third-order valence-corrected chi connectivity index (χ3v) is 2.07. The molecule has 1 aromatic rings. The second kappa shape index (κ2) is 6.53. The Labute approximate surface area is 115 Å². The Morgan fingerprint density at radius 3 is 2.71 bits per heavy atom. The van der Waals surface area contributed by atoms with Crippen molar-refractivity contribution in [3.05, 3.63) is 28.2 Å². The fraction of sp³-hybridized carbons (Fsp3) is 0.125. The van der Waals surface area contributed by atoms with E-state index in [0.717, 1.165) is 0 Å². The van der Waals surface area contributed by atoms with E-state index in [1.54, 1.807) is 18.2 Å². The van der Waals surface area contributed by atoms with Crippen molar-refractivity contribution in [2.75, 3.05) is 6.61 Å². The molecular weight excluding hydrogens is 238 g/mol. The number of carboxylic acid groups (broad SMARTS) is 1. The molecule has 0 aromatic heterocycles. The summed E-state index contributed by atoms with van der Waals surface area (Å²) in [6, 6.07) is 4.78. The number of hydrogen-bond donors (Lipinski definition) is 1. The minimum Gasteiger partial charge on any atom is -1.00 e. The van der Waals surface area contributed by atoms with Gasteiger partial charge in [0.15, 0.2) is 6.61 Å². The molecule has 72 valence electrons. The minimum atomic E-state index is -1.06. The van der Waals surface area contributed by atoms with Crippen LogP contribution in [-0.4, -0.2) is 17.7 Å². The van der Waals surface area contributed by atoms with Gasteiger partial charge in [0.05, 0.1) is 5.02 Å². The molecule has 0 radical (unpaired) electrons. The molecule has 1 N–H and O–H groups in total. The van der Waals surface area contributed by atoms with Crippen molar-refractivity contribution in [2.45, 2.75) is 0 Å². The molecule has 0 spiro atoms. The largest absolute Gasteiger partial charge is 1.00 e. The number of rotatable bonds is 3. The van der Waals surface area contributed by atoms with Gasteiger partial charge in [-0.2, -0.15) is 0 Å². The fourth-order valence-corrected chi connectivity index (χ4v) is 1.08. The Morgan fingerprint density at radius 1 is 1.50 bits per heavy atom. The Bertz CT molecular complexity index is 336. The van der Waals surface area contributed by atoms with Gasteiger partial charge in [-0.05, 0) is 12.1 Å². The molecule has 0 aliphatic rings. The van der Waals surface area contributed by atoms with Gasteiger partial charge in [0.25, 0.3) is 0 Å². The molecule has 0 heterocycles. The van der Waals surface area contributed by atoms with Gasteiger partial charge in [0, 0.05) is 0 Å². The van der Waals surface area contributed by atoms with Crippen molar-refractivity contribution < 1.29 is 45.6 Å². The number of hydrogen-bond acceptors (Lipinski definition) is 2. The molecule has 0 fully saturated rings. The monoisotopic (exact) mass is 244 g/mol. The van der Waals surface area contributed by atoms with Gasteiger partial charge < -0.3 is 11.3 Å². The van der Waals surface area contributed by atoms with Crippen LogP contribution in [0.25, 0.3) is 0 Å². The molecular formula is C8H7Cl2NaO3. The van der Waals surface area contributed by atoms with Crippen LogP contribution in [0.4, 0.5) is 0 Å². The van der Waals surface area contributed by atoms with Crippen LogP contribution in [0.2, 0.25) is 10.0 Å². The SMILES string of the molecule is O=C(O)COc1cccc(Cl)c1Cl.[H-].[Na+]. The van der Waals surface area contributed by atoms with Gasteiger partial charge in [0.1, 0.15) is 10.8 Å². The topological polar surface area (TPSA) is 46.5 Å². The van der Waals surface area contributed by atoms with E-state index in [4.69, 9.17) is 33.0 Å². The van der Waals surface area contributed by atoms with Crippen LogP contribution in [0.15, 0.2) is 18.2 Å². The third-order valence-electron chi connectivity index (χ3n) is 1.27. The maximum Gasteiger partial charge on any atom is 1.00 e. The van der Waals surface area contributed by atoms with Crippen LogP contribution in [0.3, 0.4) is 0 Å². The molecule has 6 heteroatoms. The Kier molecular flexibility index (Phi) is 6.57. The Balaban J connectivity index is 0. The summed E-state index contributed by atoms with van der Waals surface area (Å²) in [5.74, 6) is -0.785. The zero-order chi connectivity index (χ0) is 9.84. The molecule has 0 saturated carbocycles. The first kappa shape index (κ1) is 14.1. The molecule has 0 amide bonds. The van der Waals surface area contributed by atoms with E-state index in [1.807, 2.05) is 0 Å². The van der Waals surface area contributed by atoms with Crippen LogP contribution in [0.1, 0.15) is 1.43 Å². The molecule has 1 aromatic carbocycles. The Morgan fingerprint density at radius 2 is 2.14 bits per heavy atom. The molecule has 0 bridgehead atoms. The summed E-state index contributed by atoms with van der Waals surface area (Å²) < 4.78 is 4.86. The normalized spacial score (nSPS) is 9.00. The molecule has 14 heavy (non-hydrogen) atoms. The van der Waals surface area contributed by atoms with Crippen molar-refractivity contribution in [1.82, 2.24) is 0 Å². The second-order valence-electron chi connectivity index (χ2n) is 2.23. The summed E-state index contributed by atoms with van der Waals surface area (Å²) in [4.78, 5) is 10.2. The van der Waals surface area contributed by atoms with E-state index in [1.165, 1.54) is 0 Å².